The van der Waals surface area contributed by atoms with Crippen molar-refractivity contribution in [2.24, 2.45) is 0 Å². The van der Waals surface area contributed by atoms with Crippen LogP contribution < -0.4 is 10.1 Å². The van der Waals surface area contributed by atoms with Gasteiger partial charge >= 0.3 is 0 Å². The average molecular weight is 372 g/mol. The molecular weight excluding hydrogens is 346 g/mol. The molecular formula is C20H25N3O2S. The summed E-state index contributed by atoms with van der Waals surface area (Å²) in [5.41, 5.74) is 2.00. The molecule has 0 aliphatic carbocycles. The van der Waals surface area contributed by atoms with E-state index in [4.69, 9.17) is 21.7 Å². The first kappa shape index (κ1) is 18.6. The summed E-state index contributed by atoms with van der Waals surface area (Å²) in [6.07, 6.45) is 6.05. The molecule has 0 saturated carbocycles. The molecule has 0 amide bonds. The number of pyridine rings is 1. The van der Waals surface area contributed by atoms with Gasteiger partial charge in [-0.25, -0.2) is 0 Å². The summed E-state index contributed by atoms with van der Waals surface area (Å²) in [7, 11) is 0. The summed E-state index contributed by atoms with van der Waals surface area (Å²) in [6, 6.07) is 11.9. The molecule has 26 heavy (non-hydrogen) atoms. The summed E-state index contributed by atoms with van der Waals surface area (Å²) in [5.74, 6) is 0.802. The number of hydrogen-bond donors (Lipinski definition) is 1. The van der Waals surface area contributed by atoms with E-state index in [0.29, 0.717) is 18.3 Å². The molecule has 1 saturated heterocycles. The van der Waals surface area contributed by atoms with Gasteiger partial charge in [-0.1, -0.05) is 18.2 Å². The molecule has 0 spiro atoms. The van der Waals surface area contributed by atoms with E-state index >= 15 is 0 Å². The Balaban J connectivity index is 1.73. The minimum Gasteiger partial charge on any atom is -0.492 e. The first-order valence-corrected chi connectivity index (χ1v) is 9.45. The van der Waals surface area contributed by atoms with Crippen LogP contribution in [0.3, 0.4) is 0 Å². The molecule has 3 rings (SSSR count). The van der Waals surface area contributed by atoms with Crippen molar-refractivity contribution < 1.29 is 9.47 Å². The molecule has 0 radical (unpaired) electrons. The van der Waals surface area contributed by atoms with E-state index in [0.717, 1.165) is 43.0 Å². The van der Waals surface area contributed by atoms with Gasteiger partial charge in [0.2, 0.25) is 0 Å². The highest BCUT2D eigenvalue weighted by Crippen LogP contribution is 2.25. The van der Waals surface area contributed by atoms with Crippen LogP contribution in [0.15, 0.2) is 48.8 Å². The zero-order chi connectivity index (χ0) is 18.2. The van der Waals surface area contributed by atoms with Crippen LogP contribution >= 0.6 is 12.2 Å². The fourth-order valence-electron chi connectivity index (χ4n) is 3.01. The predicted octanol–water partition coefficient (Wildman–Crippen LogP) is 3.86. The molecule has 1 atom stereocenters. The van der Waals surface area contributed by atoms with Crippen LogP contribution in [0, 0.1) is 0 Å². The van der Waals surface area contributed by atoms with Crippen LogP contribution in [0.4, 0.5) is 5.69 Å². The van der Waals surface area contributed by atoms with Crippen LogP contribution in [0.1, 0.15) is 25.3 Å². The summed E-state index contributed by atoms with van der Waals surface area (Å²) >= 11 is 5.72. The lowest BCUT2D eigenvalue weighted by Gasteiger charge is -2.28. The Kier molecular flexibility index (Phi) is 6.80. The molecule has 1 aromatic heterocycles. The highest BCUT2D eigenvalue weighted by Gasteiger charge is 2.21. The molecule has 138 valence electrons. The van der Waals surface area contributed by atoms with Gasteiger partial charge in [-0.3, -0.25) is 4.98 Å². The Labute approximate surface area is 160 Å². The normalized spacial score (nSPS) is 16.3. The standard InChI is InChI=1S/C20H25N3O2S/c1-2-24-19-10-4-3-9-18(19)22-20(26)23(15-17-8-6-12-25-17)14-16-7-5-11-21-13-16/h3-5,7,9-11,13,17H,2,6,8,12,14-15H2,1H3,(H,22,26). The van der Waals surface area contributed by atoms with Gasteiger partial charge in [-0.15, -0.1) is 0 Å². The smallest absolute Gasteiger partial charge is 0.173 e. The minimum atomic E-state index is 0.216. The van der Waals surface area contributed by atoms with Gasteiger partial charge < -0.3 is 19.7 Å². The number of rotatable bonds is 7. The Hall–Kier alpha value is -2.18. The third kappa shape index (κ3) is 5.16. The molecule has 1 aromatic carbocycles. The highest BCUT2D eigenvalue weighted by molar-refractivity contribution is 7.80. The van der Waals surface area contributed by atoms with E-state index in [9.17, 15) is 0 Å². The maximum absolute atomic E-state index is 5.81. The van der Waals surface area contributed by atoms with Crippen molar-refractivity contribution in [1.29, 1.82) is 0 Å². The number of anilines is 1. The first-order valence-electron chi connectivity index (χ1n) is 9.04. The fourth-order valence-corrected chi connectivity index (χ4v) is 3.26. The van der Waals surface area contributed by atoms with Gasteiger partial charge in [-0.05, 0) is 55.7 Å². The summed E-state index contributed by atoms with van der Waals surface area (Å²) in [5, 5.41) is 4.01. The van der Waals surface area contributed by atoms with Crippen molar-refractivity contribution in [3.05, 3.63) is 54.4 Å². The van der Waals surface area contributed by atoms with Gasteiger partial charge in [-0.2, -0.15) is 0 Å². The lowest BCUT2D eigenvalue weighted by molar-refractivity contribution is 0.0905. The molecule has 1 fully saturated rings. The van der Waals surface area contributed by atoms with E-state index in [1.807, 2.05) is 43.5 Å². The summed E-state index contributed by atoms with van der Waals surface area (Å²) in [4.78, 5) is 6.35. The number of benzene rings is 1. The van der Waals surface area contributed by atoms with Gasteiger partial charge in [0.1, 0.15) is 5.75 Å². The van der Waals surface area contributed by atoms with Gasteiger partial charge in [0.15, 0.2) is 5.11 Å². The monoisotopic (exact) mass is 371 g/mol. The molecule has 0 bridgehead atoms. The van der Waals surface area contributed by atoms with Gasteiger partial charge in [0, 0.05) is 32.1 Å². The molecule has 6 heteroatoms. The van der Waals surface area contributed by atoms with Crippen LogP contribution in [-0.2, 0) is 11.3 Å². The van der Waals surface area contributed by atoms with Crippen LogP contribution in [0.5, 0.6) is 5.75 Å². The maximum atomic E-state index is 5.81. The number of aromatic nitrogens is 1. The van der Waals surface area contributed by atoms with Gasteiger partial charge in [0.25, 0.3) is 0 Å². The second-order valence-electron chi connectivity index (χ2n) is 6.24. The quantitative estimate of drug-likeness (QED) is 0.746. The fraction of sp³-hybridized carbons (Fsp3) is 0.400. The highest BCUT2D eigenvalue weighted by atomic mass is 32.1. The zero-order valence-corrected chi connectivity index (χ0v) is 15.9. The van der Waals surface area contributed by atoms with Crippen LogP contribution in [0.25, 0.3) is 0 Å². The zero-order valence-electron chi connectivity index (χ0n) is 15.1. The van der Waals surface area contributed by atoms with Crippen LogP contribution in [-0.4, -0.2) is 40.9 Å². The number of nitrogens with one attached hydrogen (secondary N) is 1. The number of para-hydroxylation sites is 2. The summed E-state index contributed by atoms with van der Waals surface area (Å²) < 4.78 is 11.5. The maximum Gasteiger partial charge on any atom is 0.173 e. The number of ether oxygens (including phenoxy) is 2. The van der Waals surface area contributed by atoms with Crippen molar-refractivity contribution in [1.82, 2.24) is 9.88 Å². The van der Waals surface area contributed by atoms with Crippen molar-refractivity contribution in [2.75, 3.05) is 25.1 Å². The molecule has 5 nitrogen and oxygen atoms in total. The lowest BCUT2D eigenvalue weighted by Crippen LogP contribution is -2.39. The molecule has 1 aliphatic rings. The minimum absolute atomic E-state index is 0.216. The predicted molar refractivity (Wildman–Crippen MR) is 107 cm³/mol. The largest absolute Gasteiger partial charge is 0.492 e. The molecule has 2 aromatic rings. The average Bonchev–Trinajstić information content (AvgIpc) is 3.17. The molecule has 1 aliphatic heterocycles. The molecule has 2 heterocycles. The third-order valence-corrected chi connectivity index (χ3v) is 4.62. The van der Waals surface area contributed by atoms with Crippen LogP contribution in [0.2, 0.25) is 0 Å². The van der Waals surface area contributed by atoms with E-state index in [1.165, 1.54) is 0 Å². The van der Waals surface area contributed by atoms with E-state index in [-0.39, 0.29) is 6.10 Å². The van der Waals surface area contributed by atoms with Crippen molar-refractivity contribution in [2.45, 2.75) is 32.4 Å². The second-order valence-corrected chi connectivity index (χ2v) is 6.62. The van der Waals surface area contributed by atoms with Gasteiger partial charge in [0.05, 0.1) is 18.4 Å². The SMILES string of the molecule is CCOc1ccccc1NC(=S)N(Cc1cccnc1)CC1CCCO1. The lowest BCUT2D eigenvalue weighted by atomic mass is 10.2. The Morgan fingerprint density at radius 1 is 1.35 bits per heavy atom. The Morgan fingerprint density at radius 3 is 2.96 bits per heavy atom. The summed E-state index contributed by atoms with van der Waals surface area (Å²) in [6.45, 7) is 4.87. The molecule has 1 N–H and O–H groups in total. The van der Waals surface area contributed by atoms with E-state index < -0.39 is 0 Å². The number of hydrogen-bond acceptors (Lipinski definition) is 4. The number of nitrogens with zero attached hydrogens (tertiary/aromatic N) is 2. The first-order chi connectivity index (χ1) is 12.8. The Morgan fingerprint density at radius 2 is 2.23 bits per heavy atom. The topological polar surface area (TPSA) is 46.6 Å². The van der Waals surface area contributed by atoms with Crippen molar-refractivity contribution in [3.8, 4) is 5.75 Å². The van der Waals surface area contributed by atoms with Crippen molar-refractivity contribution >= 4 is 23.0 Å². The Bertz CT molecular complexity index is 705. The van der Waals surface area contributed by atoms with E-state index in [2.05, 4.69) is 21.3 Å². The third-order valence-electron chi connectivity index (χ3n) is 4.26. The second kappa shape index (κ2) is 9.50. The van der Waals surface area contributed by atoms with E-state index in [1.54, 1.807) is 6.20 Å². The van der Waals surface area contributed by atoms with Crippen molar-refractivity contribution in [3.63, 3.8) is 0 Å². The number of thiocarbonyl (C=S) groups is 1. The molecule has 1 unspecified atom stereocenters.